The Balaban J connectivity index is 3.31. The molecule has 56 valence electrons. The molecule has 0 bridgehead atoms. The Labute approximate surface area is 76.7 Å². The molecule has 1 nitrogen and oxygen atoms in total. The summed E-state index contributed by atoms with van der Waals surface area (Å²) in [6.45, 7) is -1.34. The summed E-state index contributed by atoms with van der Waals surface area (Å²) in [5.41, 5.74) is 0. The molecule has 0 aliphatic carbocycles. The zero-order chi connectivity index (χ0) is 7.28. The van der Waals surface area contributed by atoms with Gasteiger partial charge in [-0.05, 0) is 22.5 Å². The standard InChI is InChI=1S/C3H7Cl2OPS2/c4-7(5)6-3(1-8)2-9/h3,8-9H,1-2H2/p-2. The minimum absolute atomic E-state index is 0.129. The Morgan fingerprint density at radius 2 is 1.78 bits per heavy atom. The van der Waals surface area contributed by atoms with Crippen molar-refractivity contribution in [1.29, 1.82) is 0 Å². The molecule has 0 aromatic heterocycles. The zero-order valence-corrected chi connectivity index (χ0v) is 8.46. The van der Waals surface area contributed by atoms with Crippen molar-refractivity contribution >= 4 is 54.6 Å². The predicted molar refractivity (Wildman–Crippen MR) is 48.0 cm³/mol. The van der Waals surface area contributed by atoms with Crippen molar-refractivity contribution in [3.05, 3.63) is 0 Å². The first kappa shape index (κ1) is 10.7. The Kier molecular flexibility index (Phi) is 7.57. The minimum atomic E-state index is -1.34. The molecule has 0 rings (SSSR count). The molecule has 0 saturated carbocycles. The molecule has 0 radical (unpaired) electrons. The second-order valence-corrected chi connectivity index (χ2v) is 4.91. The van der Waals surface area contributed by atoms with E-state index in [-0.39, 0.29) is 6.10 Å². The van der Waals surface area contributed by atoms with Crippen molar-refractivity contribution in [3.63, 3.8) is 0 Å². The van der Waals surface area contributed by atoms with Crippen LogP contribution in [0, 0.1) is 0 Å². The minimum Gasteiger partial charge on any atom is -0.790 e. The van der Waals surface area contributed by atoms with Crippen LogP contribution in [0.15, 0.2) is 0 Å². The summed E-state index contributed by atoms with van der Waals surface area (Å²) < 4.78 is 4.94. The van der Waals surface area contributed by atoms with E-state index in [2.05, 4.69) is 0 Å². The summed E-state index contributed by atoms with van der Waals surface area (Å²) >= 11 is 20.1. The molecular formula is C3H5Cl2OPS2-2. The molecule has 9 heavy (non-hydrogen) atoms. The Morgan fingerprint density at radius 3 is 1.89 bits per heavy atom. The van der Waals surface area contributed by atoms with E-state index >= 15 is 0 Å². The van der Waals surface area contributed by atoms with Crippen LogP contribution in [-0.2, 0) is 29.8 Å². The molecule has 0 aliphatic heterocycles. The smallest absolute Gasteiger partial charge is 0.225 e. The molecule has 0 atom stereocenters. The van der Waals surface area contributed by atoms with Gasteiger partial charge in [-0.3, -0.25) is 0 Å². The van der Waals surface area contributed by atoms with Gasteiger partial charge in [0, 0.05) is 6.10 Å². The maximum Gasteiger partial charge on any atom is 0.225 e. The van der Waals surface area contributed by atoms with Gasteiger partial charge in [-0.15, -0.1) is 0 Å². The summed E-state index contributed by atoms with van der Waals surface area (Å²) in [6, 6.07) is 0. The number of rotatable bonds is 4. The van der Waals surface area contributed by atoms with Gasteiger partial charge in [0.05, 0.1) is 0 Å². The molecule has 0 aliphatic rings. The van der Waals surface area contributed by atoms with Gasteiger partial charge >= 0.3 is 0 Å². The summed E-state index contributed by atoms with van der Waals surface area (Å²) in [5, 5.41) is 0. The first-order chi connectivity index (χ1) is 4.20. The molecular weight excluding hydrogens is 218 g/mol. The van der Waals surface area contributed by atoms with Gasteiger partial charge in [-0.2, -0.15) is 11.5 Å². The highest BCUT2D eigenvalue weighted by molar-refractivity contribution is 8.00. The fourth-order valence-corrected chi connectivity index (χ4v) is 1.99. The number of hydrogen-bond acceptors (Lipinski definition) is 3. The van der Waals surface area contributed by atoms with Crippen LogP contribution in [0.25, 0.3) is 0 Å². The van der Waals surface area contributed by atoms with E-state index in [1.807, 2.05) is 0 Å². The van der Waals surface area contributed by atoms with Crippen LogP contribution in [-0.4, -0.2) is 17.6 Å². The average Bonchev–Trinajstić information content (AvgIpc) is 1.82. The third-order valence-corrected chi connectivity index (χ3v) is 2.28. The maximum atomic E-state index is 5.35. The fraction of sp³-hybridized carbons (Fsp3) is 1.00. The van der Waals surface area contributed by atoms with Crippen LogP contribution in [0.1, 0.15) is 0 Å². The van der Waals surface area contributed by atoms with E-state index in [1.165, 1.54) is 0 Å². The van der Waals surface area contributed by atoms with E-state index in [0.29, 0.717) is 11.5 Å². The third-order valence-electron chi connectivity index (χ3n) is 0.601. The van der Waals surface area contributed by atoms with Crippen molar-refractivity contribution in [2.45, 2.75) is 6.10 Å². The van der Waals surface area contributed by atoms with Gasteiger partial charge in [-0.1, -0.05) is 0 Å². The molecule has 0 saturated heterocycles. The number of halogens is 2. The molecule has 0 N–H and O–H groups in total. The highest BCUT2D eigenvalue weighted by Gasteiger charge is 2.02. The van der Waals surface area contributed by atoms with Crippen LogP contribution in [0.4, 0.5) is 0 Å². The van der Waals surface area contributed by atoms with Gasteiger partial charge in [-0.25, -0.2) is 0 Å². The zero-order valence-electron chi connectivity index (χ0n) is 4.42. The third kappa shape index (κ3) is 6.08. The van der Waals surface area contributed by atoms with Crippen LogP contribution in [0.3, 0.4) is 0 Å². The second-order valence-electron chi connectivity index (χ2n) is 1.26. The normalized spacial score (nSPS) is 11.3. The summed E-state index contributed by atoms with van der Waals surface area (Å²) in [4.78, 5) is 0. The molecule has 0 amide bonds. The monoisotopic (exact) mass is 222 g/mol. The molecule has 0 aromatic rings. The van der Waals surface area contributed by atoms with Crippen LogP contribution < -0.4 is 0 Å². The van der Waals surface area contributed by atoms with Crippen molar-refractivity contribution in [2.75, 3.05) is 11.5 Å². The van der Waals surface area contributed by atoms with Gasteiger partial charge in [0.15, 0.2) is 0 Å². The second kappa shape index (κ2) is 6.38. The lowest BCUT2D eigenvalue weighted by Crippen LogP contribution is -2.15. The highest BCUT2D eigenvalue weighted by Crippen LogP contribution is 2.48. The van der Waals surface area contributed by atoms with Crippen molar-refractivity contribution in [2.24, 2.45) is 0 Å². The molecule has 0 aromatic carbocycles. The lowest BCUT2D eigenvalue weighted by atomic mass is 10.5. The number of hydrogen-bond donors (Lipinski definition) is 0. The van der Waals surface area contributed by atoms with Crippen LogP contribution >= 0.6 is 29.3 Å². The van der Waals surface area contributed by atoms with E-state index in [0.717, 1.165) is 0 Å². The molecule has 0 heterocycles. The quantitative estimate of drug-likeness (QED) is 0.534. The Morgan fingerprint density at radius 1 is 1.33 bits per heavy atom. The van der Waals surface area contributed by atoms with Crippen LogP contribution in [0.2, 0.25) is 0 Å². The predicted octanol–water partition coefficient (Wildman–Crippen LogP) is 2.17. The molecule has 0 fully saturated rings. The van der Waals surface area contributed by atoms with Gasteiger partial charge in [0.25, 0.3) is 0 Å². The molecule has 6 heteroatoms. The first-order valence-electron chi connectivity index (χ1n) is 2.15. The summed E-state index contributed by atoms with van der Waals surface area (Å²) in [6.07, 6.45) is -0.129. The SMILES string of the molecule is [S-]CC(C[S-])OP(Cl)Cl. The Bertz CT molecular complexity index is 70.8. The fourth-order valence-electron chi connectivity index (χ4n) is 0.222. The van der Waals surface area contributed by atoms with Gasteiger partial charge < -0.3 is 29.8 Å². The Hall–Kier alpha value is 1.67. The first-order valence-corrected chi connectivity index (χ1v) is 6.37. The van der Waals surface area contributed by atoms with Crippen molar-refractivity contribution in [3.8, 4) is 0 Å². The van der Waals surface area contributed by atoms with Crippen molar-refractivity contribution < 1.29 is 4.52 Å². The van der Waals surface area contributed by atoms with Crippen molar-refractivity contribution in [1.82, 2.24) is 0 Å². The van der Waals surface area contributed by atoms with Gasteiger partial charge in [0.1, 0.15) is 0 Å². The summed E-state index contributed by atoms with van der Waals surface area (Å²) in [7, 11) is 0. The van der Waals surface area contributed by atoms with Gasteiger partial charge in [0.2, 0.25) is 6.85 Å². The van der Waals surface area contributed by atoms with E-state index < -0.39 is 6.85 Å². The van der Waals surface area contributed by atoms with E-state index in [1.54, 1.807) is 0 Å². The average molecular weight is 223 g/mol. The molecule has 0 spiro atoms. The van der Waals surface area contributed by atoms with E-state index in [9.17, 15) is 0 Å². The highest BCUT2D eigenvalue weighted by atomic mass is 35.9. The lowest BCUT2D eigenvalue weighted by Gasteiger charge is -2.23. The topological polar surface area (TPSA) is 9.23 Å². The largest absolute Gasteiger partial charge is 0.790 e. The lowest BCUT2D eigenvalue weighted by molar-refractivity contribution is 0.292. The molecule has 0 unspecified atom stereocenters. The summed E-state index contributed by atoms with van der Waals surface area (Å²) in [5.74, 6) is 0.920. The van der Waals surface area contributed by atoms with Crippen LogP contribution in [0.5, 0.6) is 0 Å². The maximum absolute atomic E-state index is 5.35. The van der Waals surface area contributed by atoms with E-state index in [4.69, 9.17) is 52.3 Å².